The van der Waals surface area contributed by atoms with Gasteiger partial charge in [0.15, 0.2) is 23.0 Å². The van der Waals surface area contributed by atoms with E-state index in [2.05, 4.69) is 0 Å². The Labute approximate surface area is 225 Å². The number of aliphatic hydroxyl groups excluding tert-OH is 4. The molecule has 5 rings (SSSR count). The van der Waals surface area contributed by atoms with Gasteiger partial charge < -0.3 is 58.7 Å². The first-order valence-electron chi connectivity index (χ1n) is 12.6. The van der Waals surface area contributed by atoms with E-state index in [9.17, 15) is 25.5 Å². The maximum absolute atomic E-state index is 10.4. The molecule has 0 radical (unpaired) electrons. The van der Waals surface area contributed by atoms with Gasteiger partial charge in [0.2, 0.25) is 12.0 Å². The molecule has 0 aromatic heterocycles. The number of benzene rings is 2. The molecule has 5 N–H and O–H groups in total. The number of fused-ring (bicyclic) bond motifs is 1. The number of phenolic OH excluding ortho intramolecular Hbond substituents is 1. The Morgan fingerprint density at radius 1 is 0.769 bits per heavy atom. The van der Waals surface area contributed by atoms with Gasteiger partial charge in [0.05, 0.1) is 53.4 Å². The van der Waals surface area contributed by atoms with E-state index in [1.165, 1.54) is 21.3 Å². The number of hydrogen-bond acceptors (Lipinski definition) is 12. The minimum Gasteiger partial charge on any atom is -0.504 e. The number of ether oxygens (including phenoxy) is 7. The van der Waals surface area contributed by atoms with Crippen molar-refractivity contribution in [2.45, 2.75) is 42.9 Å². The SMILES string of the molecule is COc1cc([C@H]2OC[C@H]3[C@@H]2CO[C@@H]3c2cc(OC)c(O[C@@H]3O[C@H](CO)[C@H](O)[C@H](O)[C@H]3O)c(OC)c2)ccc1O. The van der Waals surface area contributed by atoms with Crippen molar-refractivity contribution in [3.8, 4) is 28.7 Å². The Hall–Kier alpha value is -2.84. The summed E-state index contributed by atoms with van der Waals surface area (Å²) in [7, 11) is 4.39. The fraction of sp³-hybridized carbons (Fsp3) is 0.556. The second-order valence-electron chi connectivity index (χ2n) is 9.84. The average molecular weight is 551 g/mol. The Bertz CT molecular complexity index is 1130. The first-order valence-corrected chi connectivity index (χ1v) is 12.6. The van der Waals surface area contributed by atoms with Gasteiger partial charge in [0, 0.05) is 11.8 Å². The summed E-state index contributed by atoms with van der Waals surface area (Å²) in [6.07, 6.45) is -7.80. The molecule has 39 heavy (non-hydrogen) atoms. The van der Waals surface area contributed by atoms with Gasteiger partial charge in [-0.2, -0.15) is 0 Å². The van der Waals surface area contributed by atoms with E-state index in [1.54, 1.807) is 24.3 Å². The lowest BCUT2D eigenvalue weighted by molar-refractivity contribution is -0.277. The zero-order chi connectivity index (χ0) is 27.8. The van der Waals surface area contributed by atoms with Crippen molar-refractivity contribution in [2.75, 3.05) is 41.2 Å². The molecule has 0 bridgehead atoms. The van der Waals surface area contributed by atoms with Gasteiger partial charge >= 0.3 is 0 Å². The lowest BCUT2D eigenvalue weighted by atomic mass is 9.84. The lowest BCUT2D eigenvalue weighted by Crippen LogP contribution is -2.60. The van der Waals surface area contributed by atoms with E-state index in [0.29, 0.717) is 19.0 Å². The van der Waals surface area contributed by atoms with Crippen LogP contribution in [0.5, 0.6) is 28.7 Å². The van der Waals surface area contributed by atoms with Crippen LogP contribution in [-0.4, -0.2) is 97.4 Å². The van der Waals surface area contributed by atoms with Crippen LogP contribution in [0.4, 0.5) is 0 Å². The van der Waals surface area contributed by atoms with Crippen molar-refractivity contribution in [2.24, 2.45) is 11.8 Å². The first-order chi connectivity index (χ1) is 18.8. The van der Waals surface area contributed by atoms with Gasteiger partial charge in [0.1, 0.15) is 24.4 Å². The minimum atomic E-state index is -1.60. The van der Waals surface area contributed by atoms with Crippen LogP contribution in [0.15, 0.2) is 30.3 Å². The van der Waals surface area contributed by atoms with Crippen LogP contribution in [0, 0.1) is 11.8 Å². The van der Waals surface area contributed by atoms with Gasteiger partial charge in [-0.25, -0.2) is 0 Å². The molecule has 0 amide bonds. The van der Waals surface area contributed by atoms with E-state index < -0.39 is 37.3 Å². The molecular weight excluding hydrogens is 516 g/mol. The van der Waals surface area contributed by atoms with Crippen molar-refractivity contribution < 1.29 is 58.7 Å². The molecule has 0 saturated carbocycles. The predicted molar refractivity (Wildman–Crippen MR) is 133 cm³/mol. The maximum Gasteiger partial charge on any atom is 0.229 e. The summed E-state index contributed by atoms with van der Waals surface area (Å²) in [6.45, 7) is 0.327. The molecule has 0 aliphatic carbocycles. The number of methoxy groups -OCH3 is 3. The summed E-state index contributed by atoms with van der Waals surface area (Å²) in [5, 5.41) is 50.1. The second-order valence-corrected chi connectivity index (χ2v) is 9.84. The zero-order valence-electron chi connectivity index (χ0n) is 21.8. The first kappa shape index (κ1) is 27.7. The molecule has 3 aliphatic heterocycles. The van der Waals surface area contributed by atoms with Crippen molar-refractivity contribution in [3.05, 3.63) is 41.5 Å². The molecule has 3 heterocycles. The summed E-state index contributed by atoms with van der Waals surface area (Å²) < 4.78 is 40.2. The van der Waals surface area contributed by atoms with E-state index in [4.69, 9.17) is 33.2 Å². The summed E-state index contributed by atoms with van der Waals surface area (Å²) in [5.74, 6) is 1.17. The van der Waals surface area contributed by atoms with Crippen LogP contribution in [0.25, 0.3) is 0 Å². The quantitative estimate of drug-likeness (QED) is 0.312. The number of phenols is 1. The topological polar surface area (TPSA) is 166 Å². The molecule has 12 heteroatoms. The van der Waals surface area contributed by atoms with Crippen LogP contribution >= 0.6 is 0 Å². The monoisotopic (exact) mass is 550 g/mol. The molecule has 9 atom stereocenters. The van der Waals surface area contributed by atoms with E-state index >= 15 is 0 Å². The van der Waals surface area contributed by atoms with Crippen LogP contribution < -0.4 is 18.9 Å². The van der Waals surface area contributed by atoms with Crippen molar-refractivity contribution in [3.63, 3.8) is 0 Å². The summed E-state index contributed by atoms with van der Waals surface area (Å²) in [5.41, 5.74) is 1.66. The highest BCUT2D eigenvalue weighted by molar-refractivity contribution is 5.55. The van der Waals surface area contributed by atoms with Crippen LogP contribution in [0.1, 0.15) is 23.3 Å². The lowest BCUT2D eigenvalue weighted by Gasteiger charge is -2.39. The fourth-order valence-electron chi connectivity index (χ4n) is 5.57. The smallest absolute Gasteiger partial charge is 0.229 e. The largest absolute Gasteiger partial charge is 0.504 e. The predicted octanol–water partition coefficient (Wildman–Crippen LogP) is 0.672. The van der Waals surface area contributed by atoms with Gasteiger partial charge in [-0.3, -0.25) is 0 Å². The third-order valence-electron chi connectivity index (χ3n) is 7.69. The maximum atomic E-state index is 10.4. The highest BCUT2D eigenvalue weighted by Gasteiger charge is 2.49. The van der Waals surface area contributed by atoms with Crippen molar-refractivity contribution in [1.29, 1.82) is 0 Å². The highest BCUT2D eigenvalue weighted by atomic mass is 16.7. The van der Waals surface area contributed by atoms with Gasteiger partial charge in [-0.05, 0) is 35.4 Å². The minimum absolute atomic E-state index is 0.0291. The molecule has 3 fully saturated rings. The van der Waals surface area contributed by atoms with Crippen molar-refractivity contribution in [1.82, 2.24) is 0 Å². The Morgan fingerprint density at radius 3 is 1.90 bits per heavy atom. The molecule has 12 nitrogen and oxygen atoms in total. The highest BCUT2D eigenvalue weighted by Crippen LogP contribution is 2.53. The Morgan fingerprint density at radius 2 is 1.33 bits per heavy atom. The molecule has 2 aromatic rings. The van der Waals surface area contributed by atoms with E-state index in [-0.39, 0.29) is 47.0 Å². The number of aromatic hydroxyl groups is 1. The van der Waals surface area contributed by atoms with E-state index in [1.807, 2.05) is 6.07 Å². The van der Waals surface area contributed by atoms with Crippen LogP contribution in [-0.2, 0) is 14.2 Å². The third kappa shape index (κ3) is 4.97. The normalized spacial score (nSPS) is 34.0. The average Bonchev–Trinajstić information content (AvgIpc) is 3.56. The standard InChI is InChI=1S/C27H34O12/c1-33-17-6-12(4-5-16(17)29)24-14-10-37-25(15(14)11-36-24)13-7-18(34-2)26(19(8-13)35-3)39-27-23(32)22(31)21(30)20(9-28)38-27/h4-8,14-15,20-25,27-32H,9-11H2,1-3H3/t14-,15-,20+,21-,22-,23+,24+,25+,27-/m0/s1. The fourth-order valence-corrected chi connectivity index (χ4v) is 5.57. The van der Waals surface area contributed by atoms with E-state index in [0.717, 1.165) is 11.1 Å². The van der Waals surface area contributed by atoms with Gasteiger partial charge in [-0.1, -0.05) is 6.07 Å². The van der Waals surface area contributed by atoms with Crippen LogP contribution in [0.3, 0.4) is 0 Å². The zero-order valence-corrected chi connectivity index (χ0v) is 21.8. The molecule has 3 saturated heterocycles. The number of rotatable bonds is 8. The summed E-state index contributed by atoms with van der Waals surface area (Å²) >= 11 is 0. The molecule has 0 spiro atoms. The second kappa shape index (κ2) is 11.3. The number of aliphatic hydroxyl groups is 4. The van der Waals surface area contributed by atoms with Crippen molar-refractivity contribution >= 4 is 0 Å². The molecule has 3 aliphatic rings. The number of hydrogen-bond donors (Lipinski definition) is 5. The summed E-state index contributed by atoms with van der Waals surface area (Å²) in [4.78, 5) is 0. The van der Waals surface area contributed by atoms with Crippen LogP contribution in [0.2, 0.25) is 0 Å². The molecular formula is C27H34O12. The summed E-state index contributed by atoms with van der Waals surface area (Å²) in [6, 6.07) is 8.65. The molecule has 2 aromatic carbocycles. The Balaban J connectivity index is 1.38. The van der Waals surface area contributed by atoms with Gasteiger partial charge in [0.25, 0.3) is 0 Å². The van der Waals surface area contributed by atoms with Gasteiger partial charge in [-0.15, -0.1) is 0 Å². The Kier molecular flexibility index (Phi) is 8.06. The molecule has 0 unspecified atom stereocenters. The molecule has 214 valence electrons. The third-order valence-corrected chi connectivity index (χ3v) is 7.69.